The van der Waals surface area contributed by atoms with Gasteiger partial charge in [-0.15, -0.1) is 11.3 Å². The van der Waals surface area contributed by atoms with Gasteiger partial charge in [0.15, 0.2) is 0 Å². The number of ether oxygens (including phenoxy) is 1. The lowest BCUT2D eigenvalue weighted by Gasteiger charge is -2.29. The molecule has 0 saturated carbocycles. The standard InChI is InChI=1S/C15H18N2O5S/c1-15(2,3)22-14(19)17-11(6-7-13(17)18)10(9-16(20)21)12-5-4-8-23-12/h4-8,10-11H,9H2,1-3H3/t10-,11+/m0/s1. The van der Waals surface area contributed by atoms with Crippen LogP contribution in [-0.4, -0.2) is 40.0 Å². The number of carbonyl (C=O) groups is 2. The zero-order chi connectivity index (χ0) is 17.2. The van der Waals surface area contributed by atoms with Crippen molar-refractivity contribution in [3.05, 3.63) is 44.7 Å². The van der Waals surface area contributed by atoms with E-state index in [9.17, 15) is 19.7 Å². The SMILES string of the molecule is CC(C)(C)OC(=O)N1C(=O)C=C[C@@H]1[C@H](C[N+](=O)[O-])c1cccs1. The Bertz CT molecular complexity index is 633. The predicted molar refractivity (Wildman–Crippen MR) is 84.9 cm³/mol. The number of nitro groups is 1. The molecule has 0 aliphatic carbocycles. The molecule has 0 aromatic carbocycles. The Hall–Kier alpha value is -2.22. The molecule has 23 heavy (non-hydrogen) atoms. The molecule has 124 valence electrons. The van der Waals surface area contributed by atoms with Crippen molar-refractivity contribution in [3.63, 3.8) is 0 Å². The molecule has 1 aliphatic heterocycles. The molecule has 0 bridgehead atoms. The van der Waals surface area contributed by atoms with Crippen LogP contribution in [0.2, 0.25) is 0 Å². The van der Waals surface area contributed by atoms with E-state index >= 15 is 0 Å². The minimum Gasteiger partial charge on any atom is -0.443 e. The number of imide groups is 1. The fourth-order valence-corrected chi connectivity index (χ4v) is 3.22. The fraction of sp³-hybridized carbons (Fsp3) is 0.467. The van der Waals surface area contributed by atoms with Crippen molar-refractivity contribution in [2.24, 2.45) is 0 Å². The highest BCUT2D eigenvalue weighted by molar-refractivity contribution is 7.10. The highest BCUT2D eigenvalue weighted by Gasteiger charge is 2.42. The van der Waals surface area contributed by atoms with Crippen molar-refractivity contribution in [3.8, 4) is 0 Å². The van der Waals surface area contributed by atoms with Crippen LogP contribution in [0.4, 0.5) is 4.79 Å². The summed E-state index contributed by atoms with van der Waals surface area (Å²) in [4.78, 5) is 36.6. The number of thiophene rings is 1. The van der Waals surface area contributed by atoms with Gasteiger partial charge in [-0.25, -0.2) is 9.69 Å². The molecule has 2 amide bonds. The van der Waals surface area contributed by atoms with Crippen LogP contribution in [0.25, 0.3) is 0 Å². The van der Waals surface area contributed by atoms with E-state index in [1.807, 2.05) is 0 Å². The lowest BCUT2D eigenvalue weighted by atomic mass is 9.98. The maximum Gasteiger partial charge on any atom is 0.417 e. The Balaban J connectivity index is 2.29. The summed E-state index contributed by atoms with van der Waals surface area (Å²) >= 11 is 1.36. The average Bonchev–Trinajstić information content (AvgIpc) is 3.02. The quantitative estimate of drug-likeness (QED) is 0.622. The number of amides is 2. The summed E-state index contributed by atoms with van der Waals surface area (Å²) in [5, 5.41) is 12.8. The molecular weight excluding hydrogens is 320 g/mol. The monoisotopic (exact) mass is 338 g/mol. The van der Waals surface area contributed by atoms with Gasteiger partial charge in [0.05, 0.1) is 12.0 Å². The third-order valence-electron chi connectivity index (χ3n) is 3.23. The second kappa shape index (κ2) is 6.49. The summed E-state index contributed by atoms with van der Waals surface area (Å²) < 4.78 is 5.25. The highest BCUT2D eigenvalue weighted by atomic mass is 32.1. The molecular formula is C15H18N2O5S. The van der Waals surface area contributed by atoms with Gasteiger partial charge < -0.3 is 4.74 Å². The van der Waals surface area contributed by atoms with Crippen LogP contribution in [-0.2, 0) is 9.53 Å². The number of nitrogens with zero attached hydrogens (tertiary/aromatic N) is 2. The van der Waals surface area contributed by atoms with Crippen LogP contribution in [0, 0.1) is 10.1 Å². The van der Waals surface area contributed by atoms with E-state index in [1.54, 1.807) is 38.3 Å². The summed E-state index contributed by atoms with van der Waals surface area (Å²) in [6.45, 7) is 4.72. The third-order valence-corrected chi connectivity index (χ3v) is 4.23. The maximum absolute atomic E-state index is 12.3. The minimum absolute atomic E-state index is 0.373. The van der Waals surface area contributed by atoms with Gasteiger partial charge in [0, 0.05) is 15.9 Å². The fourth-order valence-electron chi connectivity index (χ4n) is 2.36. The Morgan fingerprint density at radius 1 is 1.52 bits per heavy atom. The summed E-state index contributed by atoms with van der Waals surface area (Å²) in [7, 11) is 0. The number of carbonyl (C=O) groups excluding carboxylic acids is 2. The van der Waals surface area contributed by atoms with E-state index in [4.69, 9.17) is 4.74 Å². The Morgan fingerprint density at radius 3 is 2.74 bits per heavy atom. The lowest BCUT2D eigenvalue weighted by Crippen LogP contribution is -2.46. The van der Waals surface area contributed by atoms with Gasteiger partial charge in [0.2, 0.25) is 6.54 Å². The van der Waals surface area contributed by atoms with Crippen LogP contribution in [0.3, 0.4) is 0 Å². The number of hydrogen-bond acceptors (Lipinski definition) is 6. The van der Waals surface area contributed by atoms with Gasteiger partial charge in [0.1, 0.15) is 5.60 Å². The Morgan fingerprint density at radius 2 is 2.22 bits per heavy atom. The van der Waals surface area contributed by atoms with Crippen molar-refractivity contribution in [2.75, 3.05) is 6.54 Å². The Labute approximate surface area is 137 Å². The van der Waals surface area contributed by atoms with Crippen molar-refractivity contribution >= 4 is 23.3 Å². The summed E-state index contributed by atoms with van der Waals surface area (Å²) in [5.41, 5.74) is -0.758. The molecule has 2 heterocycles. The van der Waals surface area contributed by atoms with Crippen molar-refractivity contribution in [1.29, 1.82) is 0 Å². The maximum atomic E-state index is 12.3. The zero-order valence-corrected chi connectivity index (χ0v) is 13.9. The van der Waals surface area contributed by atoms with Crippen molar-refractivity contribution in [2.45, 2.75) is 38.3 Å². The topological polar surface area (TPSA) is 89.8 Å². The minimum atomic E-state index is -0.789. The molecule has 0 unspecified atom stereocenters. The molecule has 2 rings (SSSR count). The first-order valence-corrected chi connectivity index (χ1v) is 7.96. The first-order valence-electron chi connectivity index (χ1n) is 7.08. The normalized spacial score (nSPS) is 19.0. The average molecular weight is 338 g/mol. The zero-order valence-electron chi connectivity index (χ0n) is 13.1. The first kappa shape index (κ1) is 17.1. The van der Waals surface area contributed by atoms with E-state index in [-0.39, 0.29) is 6.54 Å². The molecule has 2 atom stereocenters. The number of rotatable bonds is 4. The third kappa shape index (κ3) is 4.16. The summed E-state index contributed by atoms with van der Waals surface area (Å²) in [6.07, 6.45) is 2.00. The second-order valence-corrected chi connectivity index (χ2v) is 7.15. The molecule has 0 spiro atoms. The molecule has 0 radical (unpaired) electrons. The van der Waals surface area contributed by atoms with E-state index in [0.717, 1.165) is 9.78 Å². The molecule has 0 N–H and O–H groups in total. The van der Waals surface area contributed by atoms with Crippen molar-refractivity contribution in [1.82, 2.24) is 4.90 Å². The van der Waals surface area contributed by atoms with Gasteiger partial charge in [0.25, 0.3) is 5.91 Å². The number of hydrogen-bond donors (Lipinski definition) is 0. The van der Waals surface area contributed by atoms with E-state index in [2.05, 4.69) is 0 Å². The molecule has 0 fully saturated rings. The van der Waals surface area contributed by atoms with E-state index in [0.29, 0.717) is 0 Å². The largest absolute Gasteiger partial charge is 0.443 e. The highest BCUT2D eigenvalue weighted by Crippen LogP contribution is 2.32. The first-order chi connectivity index (χ1) is 10.7. The van der Waals surface area contributed by atoms with E-state index < -0.39 is 34.5 Å². The van der Waals surface area contributed by atoms with Crippen molar-refractivity contribution < 1.29 is 19.2 Å². The van der Waals surface area contributed by atoms with Gasteiger partial charge in [-0.1, -0.05) is 12.1 Å². The van der Waals surface area contributed by atoms with Gasteiger partial charge in [-0.3, -0.25) is 14.9 Å². The van der Waals surface area contributed by atoms with Crippen LogP contribution >= 0.6 is 11.3 Å². The Kier molecular flexibility index (Phi) is 4.84. The van der Waals surface area contributed by atoms with Crippen LogP contribution in [0.5, 0.6) is 0 Å². The van der Waals surface area contributed by atoms with Crippen LogP contribution in [0.15, 0.2) is 29.7 Å². The van der Waals surface area contributed by atoms with Gasteiger partial charge in [-0.2, -0.15) is 0 Å². The van der Waals surface area contributed by atoms with E-state index in [1.165, 1.54) is 23.5 Å². The molecule has 0 saturated heterocycles. The second-order valence-electron chi connectivity index (χ2n) is 6.18. The lowest BCUT2D eigenvalue weighted by molar-refractivity contribution is -0.484. The van der Waals surface area contributed by atoms with Gasteiger partial charge >= 0.3 is 6.09 Å². The molecule has 8 heteroatoms. The van der Waals surface area contributed by atoms with Crippen LogP contribution < -0.4 is 0 Å². The molecule has 1 aromatic rings. The summed E-state index contributed by atoms with van der Waals surface area (Å²) in [6, 6.07) is 2.83. The van der Waals surface area contributed by atoms with Crippen LogP contribution in [0.1, 0.15) is 31.6 Å². The van der Waals surface area contributed by atoms with Gasteiger partial charge in [-0.05, 0) is 32.2 Å². The summed E-state index contributed by atoms with van der Waals surface area (Å²) in [5.74, 6) is -1.12. The molecule has 1 aliphatic rings. The smallest absolute Gasteiger partial charge is 0.417 e. The molecule has 1 aromatic heterocycles. The predicted octanol–water partition coefficient (Wildman–Crippen LogP) is 2.81. The molecule has 7 nitrogen and oxygen atoms in total.